The second kappa shape index (κ2) is 6.27. The molecule has 0 aliphatic heterocycles. The van der Waals surface area contributed by atoms with E-state index in [-0.39, 0.29) is 6.10 Å². The smallest absolute Gasteiger partial charge is 0.323 e. The molecule has 4 heteroatoms. The lowest BCUT2D eigenvalue weighted by Crippen LogP contribution is -2.46. The summed E-state index contributed by atoms with van der Waals surface area (Å²) in [7, 11) is 0. The van der Waals surface area contributed by atoms with Gasteiger partial charge in [0.25, 0.3) is 0 Å². The van der Waals surface area contributed by atoms with Crippen molar-refractivity contribution in [2.75, 3.05) is 0 Å². The number of benzene rings is 1. The van der Waals surface area contributed by atoms with Gasteiger partial charge in [0.2, 0.25) is 0 Å². The molecule has 0 amide bonds. The molecule has 0 aromatic heterocycles. The Morgan fingerprint density at radius 1 is 1.45 bits per heavy atom. The van der Waals surface area contributed by atoms with Crippen LogP contribution in [0, 0.1) is 0 Å². The molecule has 0 bridgehead atoms. The van der Waals surface area contributed by atoms with Crippen LogP contribution in [0.5, 0.6) is 5.75 Å². The molecule has 2 atom stereocenters. The van der Waals surface area contributed by atoms with E-state index in [1.807, 2.05) is 12.1 Å². The highest BCUT2D eigenvalue weighted by Gasteiger charge is 2.43. The van der Waals surface area contributed by atoms with Crippen molar-refractivity contribution in [1.29, 1.82) is 0 Å². The number of carboxylic acid groups (broad SMARTS) is 1. The van der Waals surface area contributed by atoms with Gasteiger partial charge < -0.3 is 15.6 Å². The van der Waals surface area contributed by atoms with E-state index in [9.17, 15) is 4.79 Å². The first-order chi connectivity index (χ1) is 9.53. The van der Waals surface area contributed by atoms with E-state index in [0.29, 0.717) is 19.3 Å². The maximum atomic E-state index is 11.1. The van der Waals surface area contributed by atoms with Gasteiger partial charge >= 0.3 is 5.97 Å². The number of aliphatic carboxylic acids is 1. The van der Waals surface area contributed by atoms with Gasteiger partial charge in [0.1, 0.15) is 17.4 Å². The van der Waals surface area contributed by atoms with Crippen LogP contribution in [-0.2, 0) is 11.2 Å². The molecule has 1 aromatic carbocycles. The van der Waals surface area contributed by atoms with Gasteiger partial charge in [0.15, 0.2) is 0 Å². The van der Waals surface area contributed by atoms with Crippen LogP contribution >= 0.6 is 0 Å². The lowest BCUT2D eigenvalue weighted by Gasteiger charge is -2.18. The molecule has 0 radical (unpaired) electrons. The van der Waals surface area contributed by atoms with E-state index >= 15 is 0 Å². The lowest BCUT2D eigenvalue weighted by molar-refractivity contribution is -0.143. The third kappa shape index (κ3) is 3.51. The molecule has 20 heavy (non-hydrogen) atoms. The number of nitrogens with two attached hydrogens (primary N) is 1. The monoisotopic (exact) mass is 277 g/mol. The fourth-order valence-corrected chi connectivity index (χ4v) is 2.63. The second-order valence-corrected chi connectivity index (χ2v) is 5.69. The molecule has 4 nitrogen and oxygen atoms in total. The van der Waals surface area contributed by atoms with Gasteiger partial charge in [0.05, 0.1) is 0 Å². The molecular weight excluding hydrogens is 254 g/mol. The first-order valence-corrected chi connectivity index (χ1v) is 7.31. The minimum Gasteiger partial charge on any atom is -0.490 e. The summed E-state index contributed by atoms with van der Waals surface area (Å²) in [5, 5.41) is 9.09. The van der Waals surface area contributed by atoms with Gasteiger partial charge in [-0.1, -0.05) is 25.5 Å². The van der Waals surface area contributed by atoms with Crippen LogP contribution in [0.1, 0.15) is 44.6 Å². The van der Waals surface area contributed by atoms with Crippen LogP contribution in [0.25, 0.3) is 0 Å². The zero-order valence-electron chi connectivity index (χ0n) is 12.0. The van der Waals surface area contributed by atoms with Crippen molar-refractivity contribution in [2.45, 2.75) is 57.1 Å². The largest absolute Gasteiger partial charge is 0.490 e. The average molecular weight is 277 g/mol. The predicted molar refractivity (Wildman–Crippen MR) is 77.9 cm³/mol. The molecule has 0 saturated heterocycles. The molecule has 1 aromatic rings. The summed E-state index contributed by atoms with van der Waals surface area (Å²) in [5.74, 6) is -0.136. The van der Waals surface area contributed by atoms with Crippen LogP contribution < -0.4 is 10.5 Å². The Hall–Kier alpha value is -1.55. The molecule has 1 saturated carbocycles. The van der Waals surface area contributed by atoms with Gasteiger partial charge in [-0.2, -0.15) is 0 Å². The van der Waals surface area contributed by atoms with Crippen molar-refractivity contribution in [1.82, 2.24) is 0 Å². The summed E-state index contributed by atoms with van der Waals surface area (Å²) in [6, 6.07) is 8.07. The fourth-order valence-electron chi connectivity index (χ4n) is 2.63. The molecule has 1 aliphatic carbocycles. The Morgan fingerprint density at radius 3 is 2.70 bits per heavy atom. The number of carbonyl (C=O) groups is 1. The van der Waals surface area contributed by atoms with Gasteiger partial charge in [-0.25, -0.2) is 0 Å². The van der Waals surface area contributed by atoms with E-state index in [2.05, 4.69) is 19.1 Å². The minimum atomic E-state index is -1.12. The molecular formula is C16H23NO3. The molecule has 2 rings (SSSR count). The first-order valence-electron chi connectivity index (χ1n) is 7.31. The molecule has 110 valence electrons. The zero-order chi connectivity index (χ0) is 14.6. The molecule has 0 heterocycles. The van der Waals surface area contributed by atoms with Crippen LogP contribution in [0.4, 0.5) is 0 Å². The molecule has 1 aliphatic rings. The van der Waals surface area contributed by atoms with Crippen molar-refractivity contribution in [3.8, 4) is 5.75 Å². The van der Waals surface area contributed by atoms with Crippen molar-refractivity contribution >= 4 is 5.97 Å². The molecule has 1 fully saturated rings. The van der Waals surface area contributed by atoms with Crippen LogP contribution in [0.2, 0.25) is 0 Å². The standard InChI is InChI=1S/C16H23NO3/c1-2-3-4-12-5-7-13(8-6-12)20-14-9-10-16(17,11-14)15(18)19/h5-8,14H,2-4,9-11,17H2,1H3,(H,18,19). The number of aryl methyl sites for hydroxylation is 1. The number of ether oxygens (including phenoxy) is 1. The topological polar surface area (TPSA) is 72.5 Å². The fraction of sp³-hybridized carbons (Fsp3) is 0.562. The van der Waals surface area contributed by atoms with Crippen LogP contribution in [-0.4, -0.2) is 22.7 Å². The Balaban J connectivity index is 1.90. The SMILES string of the molecule is CCCCc1ccc(OC2CCC(N)(C(=O)O)C2)cc1. The Bertz CT molecular complexity index is 457. The van der Waals surface area contributed by atoms with E-state index in [1.54, 1.807) is 0 Å². The average Bonchev–Trinajstić information content (AvgIpc) is 2.81. The molecule has 2 unspecified atom stereocenters. The Labute approximate surface area is 119 Å². The number of hydrogen-bond donors (Lipinski definition) is 2. The highest BCUT2D eigenvalue weighted by Crippen LogP contribution is 2.31. The van der Waals surface area contributed by atoms with Crippen LogP contribution in [0.3, 0.4) is 0 Å². The summed E-state index contributed by atoms with van der Waals surface area (Å²) in [6.45, 7) is 2.18. The molecule has 3 N–H and O–H groups in total. The predicted octanol–water partition coefficient (Wildman–Crippen LogP) is 2.74. The minimum absolute atomic E-state index is 0.0995. The summed E-state index contributed by atoms with van der Waals surface area (Å²) >= 11 is 0. The lowest BCUT2D eigenvalue weighted by atomic mass is 10.00. The van der Waals surface area contributed by atoms with Crippen molar-refractivity contribution in [3.63, 3.8) is 0 Å². The van der Waals surface area contributed by atoms with E-state index < -0.39 is 11.5 Å². The summed E-state index contributed by atoms with van der Waals surface area (Å²) in [5.41, 5.74) is 6.04. The van der Waals surface area contributed by atoms with Gasteiger partial charge in [-0.05, 0) is 43.4 Å². The molecule has 0 spiro atoms. The number of carboxylic acids is 1. The summed E-state index contributed by atoms with van der Waals surface area (Å²) in [4.78, 5) is 11.1. The third-order valence-corrected chi connectivity index (χ3v) is 3.98. The number of hydrogen-bond acceptors (Lipinski definition) is 3. The Morgan fingerprint density at radius 2 is 2.15 bits per heavy atom. The van der Waals surface area contributed by atoms with Crippen molar-refractivity contribution in [2.24, 2.45) is 5.73 Å². The zero-order valence-corrected chi connectivity index (χ0v) is 12.0. The van der Waals surface area contributed by atoms with Gasteiger partial charge in [-0.15, -0.1) is 0 Å². The number of unbranched alkanes of at least 4 members (excludes halogenated alkanes) is 1. The van der Waals surface area contributed by atoms with E-state index in [4.69, 9.17) is 15.6 Å². The Kier molecular flexibility index (Phi) is 4.65. The van der Waals surface area contributed by atoms with Gasteiger partial charge in [-0.3, -0.25) is 4.79 Å². The van der Waals surface area contributed by atoms with Gasteiger partial charge in [0, 0.05) is 6.42 Å². The van der Waals surface area contributed by atoms with Crippen LogP contribution in [0.15, 0.2) is 24.3 Å². The quantitative estimate of drug-likeness (QED) is 0.838. The van der Waals surface area contributed by atoms with E-state index in [1.165, 1.54) is 18.4 Å². The second-order valence-electron chi connectivity index (χ2n) is 5.69. The number of rotatable bonds is 6. The highest BCUT2D eigenvalue weighted by atomic mass is 16.5. The summed E-state index contributed by atoms with van der Waals surface area (Å²) in [6.07, 6.45) is 4.91. The normalized spacial score (nSPS) is 25.6. The maximum absolute atomic E-state index is 11.1. The highest BCUT2D eigenvalue weighted by molar-refractivity contribution is 5.79. The van der Waals surface area contributed by atoms with E-state index in [0.717, 1.165) is 12.2 Å². The first kappa shape index (κ1) is 14.9. The third-order valence-electron chi connectivity index (χ3n) is 3.98. The van der Waals surface area contributed by atoms with Crippen molar-refractivity contribution in [3.05, 3.63) is 29.8 Å². The summed E-state index contributed by atoms with van der Waals surface area (Å²) < 4.78 is 5.84. The van der Waals surface area contributed by atoms with Crippen molar-refractivity contribution < 1.29 is 14.6 Å². The maximum Gasteiger partial charge on any atom is 0.323 e.